The van der Waals surface area contributed by atoms with E-state index in [4.69, 9.17) is 4.74 Å². The van der Waals surface area contributed by atoms with Crippen molar-refractivity contribution in [3.8, 4) is 5.75 Å². The van der Waals surface area contributed by atoms with Crippen molar-refractivity contribution in [3.05, 3.63) is 59.7 Å². The summed E-state index contributed by atoms with van der Waals surface area (Å²) in [5.74, 6) is 1.22. The molecule has 0 atom stereocenters. The summed E-state index contributed by atoms with van der Waals surface area (Å²) < 4.78 is 5.97. The highest BCUT2D eigenvalue weighted by Gasteiger charge is 2.10. The molecule has 1 heterocycles. The van der Waals surface area contributed by atoms with Crippen molar-refractivity contribution in [2.24, 2.45) is 0 Å². The van der Waals surface area contributed by atoms with Crippen LogP contribution in [0, 0.1) is 0 Å². The lowest BCUT2D eigenvalue weighted by Crippen LogP contribution is -2.02. The number of hydrogen-bond acceptors (Lipinski definition) is 7. The molecule has 1 N–H and O–H groups in total. The number of ether oxygens (including phenoxy) is 1. The maximum Gasteiger partial charge on any atom is 0.210 e. The van der Waals surface area contributed by atoms with Crippen molar-refractivity contribution in [2.45, 2.75) is 24.1 Å². The molecular formula is C20H21N3O2S2. The van der Waals surface area contributed by atoms with Crippen LogP contribution in [0.3, 0.4) is 0 Å². The van der Waals surface area contributed by atoms with Gasteiger partial charge in [-0.3, -0.25) is 4.79 Å². The van der Waals surface area contributed by atoms with Crippen molar-refractivity contribution in [1.29, 1.82) is 0 Å². The Morgan fingerprint density at radius 3 is 2.74 bits per heavy atom. The number of benzene rings is 2. The van der Waals surface area contributed by atoms with Crippen LogP contribution < -0.4 is 10.1 Å². The number of anilines is 2. The number of carbonyl (C=O) groups excluding carboxylic acids is 1. The molecule has 0 amide bonds. The summed E-state index contributed by atoms with van der Waals surface area (Å²) in [4.78, 5) is 12.4. The quantitative estimate of drug-likeness (QED) is 0.393. The molecule has 0 saturated heterocycles. The standard InChI is InChI=1S/C20H21N3O2S2/c1-3-5-14-8-10-15(11-9-14)18(24)13-26-20-23-22-19(27-20)21-16-6-4-7-17(12-16)25-2/h4,6-12H,3,5,13H2,1-2H3,(H,21,22). The van der Waals surface area contributed by atoms with Crippen LogP contribution in [0.5, 0.6) is 5.75 Å². The van der Waals surface area contributed by atoms with Crippen molar-refractivity contribution < 1.29 is 9.53 Å². The molecule has 0 bridgehead atoms. The molecule has 0 spiro atoms. The molecule has 7 heteroatoms. The van der Waals surface area contributed by atoms with Gasteiger partial charge in [-0.05, 0) is 24.1 Å². The highest BCUT2D eigenvalue weighted by Crippen LogP contribution is 2.29. The second-order valence-electron chi connectivity index (χ2n) is 5.89. The van der Waals surface area contributed by atoms with Gasteiger partial charge >= 0.3 is 0 Å². The molecule has 0 radical (unpaired) electrons. The summed E-state index contributed by atoms with van der Waals surface area (Å²) >= 11 is 2.83. The molecule has 3 aromatic rings. The molecule has 0 aliphatic carbocycles. The molecule has 27 heavy (non-hydrogen) atoms. The van der Waals surface area contributed by atoms with E-state index in [1.165, 1.54) is 28.7 Å². The van der Waals surface area contributed by atoms with Crippen LogP contribution in [0.2, 0.25) is 0 Å². The number of ketones is 1. The highest BCUT2D eigenvalue weighted by molar-refractivity contribution is 8.01. The molecule has 0 saturated carbocycles. The summed E-state index contributed by atoms with van der Waals surface area (Å²) in [6.07, 6.45) is 2.14. The Bertz CT molecular complexity index is 894. The number of Topliss-reactive ketones (excluding diaryl/α,β-unsaturated/α-hetero) is 1. The fourth-order valence-electron chi connectivity index (χ4n) is 2.50. The maximum absolute atomic E-state index is 12.4. The van der Waals surface area contributed by atoms with Crippen molar-refractivity contribution >= 4 is 39.7 Å². The second kappa shape index (κ2) is 9.53. The average Bonchev–Trinajstić information content (AvgIpc) is 3.14. The zero-order valence-electron chi connectivity index (χ0n) is 15.3. The molecule has 0 unspecified atom stereocenters. The van der Waals surface area contributed by atoms with E-state index in [2.05, 4.69) is 22.4 Å². The van der Waals surface area contributed by atoms with Crippen LogP contribution in [0.4, 0.5) is 10.8 Å². The Labute approximate surface area is 167 Å². The Kier molecular flexibility index (Phi) is 6.84. The first-order valence-corrected chi connectivity index (χ1v) is 10.5. The summed E-state index contributed by atoms with van der Waals surface area (Å²) in [5.41, 5.74) is 2.88. The van der Waals surface area contributed by atoms with Gasteiger partial charge in [-0.15, -0.1) is 10.2 Å². The van der Waals surface area contributed by atoms with Gasteiger partial charge in [0.15, 0.2) is 10.1 Å². The summed E-state index contributed by atoms with van der Waals surface area (Å²) in [5, 5.41) is 12.2. The van der Waals surface area contributed by atoms with Crippen LogP contribution in [0.25, 0.3) is 0 Å². The Morgan fingerprint density at radius 1 is 1.19 bits per heavy atom. The molecule has 0 aliphatic heterocycles. The number of hydrogen-bond donors (Lipinski definition) is 1. The van der Waals surface area contributed by atoms with E-state index >= 15 is 0 Å². The zero-order chi connectivity index (χ0) is 19.1. The predicted molar refractivity (Wildman–Crippen MR) is 112 cm³/mol. The molecule has 0 aliphatic rings. The van der Waals surface area contributed by atoms with Crippen molar-refractivity contribution in [2.75, 3.05) is 18.2 Å². The third-order valence-electron chi connectivity index (χ3n) is 3.87. The van der Waals surface area contributed by atoms with E-state index in [0.29, 0.717) is 10.9 Å². The summed E-state index contributed by atoms with van der Waals surface area (Å²) in [7, 11) is 1.63. The van der Waals surface area contributed by atoms with Gasteiger partial charge in [-0.25, -0.2) is 0 Å². The molecule has 0 fully saturated rings. The first kappa shape index (κ1) is 19.4. The fraction of sp³-hybridized carbons (Fsp3) is 0.250. The van der Waals surface area contributed by atoms with Gasteiger partial charge in [0.05, 0.1) is 12.9 Å². The van der Waals surface area contributed by atoms with Gasteiger partial charge in [-0.1, -0.05) is 66.8 Å². The summed E-state index contributed by atoms with van der Waals surface area (Å²) in [6.45, 7) is 2.15. The fourth-order valence-corrected chi connectivity index (χ4v) is 4.17. The normalized spacial score (nSPS) is 10.6. The van der Waals surface area contributed by atoms with Crippen LogP contribution in [0.1, 0.15) is 29.3 Å². The predicted octanol–water partition coefficient (Wildman–Crippen LogP) is 5.22. The third-order valence-corrected chi connectivity index (χ3v) is 5.84. The minimum atomic E-state index is 0.0977. The van der Waals surface area contributed by atoms with E-state index in [-0.39, 0.29) is 5.78 Å². The Morgan fingerprint density at radius 2 is 2.00 bits per heavy atom. The van der Waals surface area contributed by atoms with E-state index < -0.39 is 0 Å². The topological polar surface area (TPSA) is 64.1 Å². The third kappa shape index (κ3) is 5.55. The molecule has 3 rings (SSSR count). The lowest BCUT2D eigenvalue weighted by molar-refractivity contribution is 0.102. The van der Waals surface area contributed by atoms with Gasteiger partial charge in [-0.2, -0.15) is 0 Å². The Balaban J connectivity index is 1.55. The number of thioether (sulfide) groups is 1. The van der Waals surface area contributed by atoms with Crippen LogP contribution in [0.15, 0.2) is 52.9 Å². The van der Waals surface area contributed by atoms with Gasteiger partial charge in [0.25, 0.3) is 0 Å². The largest absolute Gasteiger partial charge is 0.497 e. The molecule has 2 aromatic carbocycles. The molecule has 140 valence electrons. The molecular weight excluding hydrogens is 378 g/mol. The van der Waals surface area contributed by atoms with Gasteiger partial charge in [0, 0.05) is 17.3 Å². The van der Waals surface area contributed by atoms with Crippen LogP contribution in [-0.2, 0) is 6.42 Å². The number of nitrogens with zero attached hydrogens (tertiary/aromatic N) is 2. The van der Waals surface area contributed by atoms with E-state index in [0.717, 1.165) is 34.2 Å². The van der Waals surface area contributed by atoms with E-state index in [9.17, 15) is 4.79 Å². The first-order chi connectivity index (χ1) is 13.2. The van der Waals surface area contributed by atoms with Crippen LogP contribution in [-0.4, -0.2) is 28.8 Å². The monoisotopic (exact) mass is 399 g/mol. The van der Waals surface area contributed by atoms with Gasteiger partial charge in [0.2, 0.25) is 5.13 Å². The minimum absolute atomic E-state index is 0.0977. The van der Waals surface area contributed by atoms with Crippen molar-refractivity contribution in [1.82, 2.24) is 10.2 Å². The number of nitrogens with one attached hydrogen (secondary N) is 1. The van der Waals surface area contributed by atoms with E-state index in [1.54, 1.807) is 7.11 Å². The Hall–Kier alpha value is -2.38. The zero-order valence-corrected chi connectivity index (χ0v) is 16.9. The average molecular weight is 400 g/mol. The number of aromatic nitrogens is 2. The number of rotatable bonds is 9. The van der Waals surface area contributed by atoms with E-state index in [1.807, 2.05) is 48.5 Å². The number of aryl methyl sites for hydroxylation is 1. The van der Waals surface area contributed by atoms with Crippen molar-refractivity contribution in [3.63, 3.8) is 0 Å². The lowest BCUT2D eigenvalue weighted by atomic mass is 10.1. The lowest BCUT2D eigenvalue weighted by Gasteiger charge is -2.04. The number of carbonyl (C=O) groups is 1. The van der Waals surface area contributed by atoms with Gasteiger partial charge < -0.3 is 10.1 Å². The molecule has 5 nitrogen and oxygen atoms in total. The maximum atomic E-state index is 12.4. The summed E-state index contributed by atoms with van der Waals surface area (Å²) in [6, 6.07) is 15.5. The highest BCUT2D eigenvalue weighted by atomic mass is 32.2. The van der Waals surface area contributed by atoms with Crippen LogP contribution >= 0.6 is 23.1 Å². The second-order valence-corrected chi connectivity index (χ2v) is 8.09. The smallest absolute Gasteiger partial charge is 0.210 e. The minimum Gasteiger partial charge on any atom is -0.497 e. The first-order valence-electron chi connectivity index (χ1n) is 8.67. The molecule has 1 aromatic heterocycles. The van der Waals surface area contributed by atoms with Gasteiger partial charge in [0.1, 0.15) is 5.75 Å². The number of methoxy groups -OCH3 is 1. The SMILES string of the molecule is CCCc1ccc(C(=O)CSc2nnc(Nc3cccc(OC)c3)s2)cc1.